The molecule has 0 radical (unpaired) electrons. The van der Waals surface area contributed by atoms with E-state index in [-0.39, 0.29) is 5.91 Å². The van der Waals surface area contributed by atoms with Gasteiger partial charge in [0.25, 0.3) is 0 Å². The first kappa shape index (κ1) is 17.3. The molecule has 0 bridgehead atoms. The highest BCUT2D eigenvalue weighted by molar-refractivity contribution is 6.02. The van der Waals surface area contributed by atoms with E-state index in [4.69, 9.17) is 5.73 Å². The highest BCUT2D eigenvalue weighted by atomic mass is 16.2. The lowest BCUT2D eigenvalue weighted by atomic mass is 10.0. The lowest BCUT2D eigenvalue weighted by molar-refractivity contribution is -0.111. The molecule has 0 unspecified atom stereocenters. The van der Waals surface area contributed by atoms with Gasteiger partial charge in [-0.3, -0.25) is 4.79 Å². The predicted molar refractivity (Wildman–Crippen MR) is 97.8 cm³/mol. The number of amides is 3. The second-order valence-corrected chi connectivity index (χ2v) is 5.71. The number of hydrogen-bond donors (Lipinski definition) is 3. The van der Waals surface area contributed by atoms with Gasteiger partial charge in [0.05, 0.1) is 0 Å². The van der Waals surface area contributed by atoms with Gasteiger partial charge in [-0.1, -0.05) is 38.1 Å². The number of nitrogens with one attached hydrogen (secondary N) is 2. The molecule has 0 spiro atoms. The van der Waals surface area contributed by atoms with E-state index in [1.54, 1.807) is 30.3 Å². The lowest BCUT2D eigenvalue weighted by Gasteiger charge is -2.05. The SMILES string of the molecule is CC(C)c1ccc(/C=C/C(=O)Nc2ccc(NC(N)=O)cc2)cc1. The van der Waals surface area contributed by atoms with Crippen LogP contribution in [0.5, 0.6) is 0 Å². The molecule has 0 aliphatic carbocycles. The Hall–Kier alpha value is -3.08. The first-order valence-corrected chi connectivity index (χ1v) is 7.69. The van der Waals surface area contributed by atoms with Crippen LogP contribution in [0.2, 0.25) is 0 Å². The van der Waals surface area contributed by atoms with Crippen molar-refractivity contribution in [3.63, 3.8) is 0 Å². The Morgan fingerprint density at radius 1 is 0.917 bits per heavy atom. The summed E-state index contributed by atoms with van der Waals surface area (Å²) in [4.78, 5) is 22.7. The molecule has 0 saturated carbocycles. The van der Waals surface area contributed by atoms with Gasteiger partial charge in [-0.2, -0.15) is 0 Å². The van der Waals surface area contributed by atoms with Crippen molar-refractivity contribution in [1.29, 1.82) is 0 Å². The third-order valence-electron chi connectivity index (χ3n) is 3.45. The van der Waals surface area contributed by atoms with Crippen LogP contribution in [0, 0.1) is 0 Å². The zero-order chi connectivity index (χ0) is 17.5. The Labute approximate surface area is 141 Å². The fraction of sp³-hybridized carbons (Fsp3) is 0.158. The summed E-state index contributed by atoms with van der Waals surface area (Å²) in [5, 5.41) is 5.21. The van der Waals surface area contributed by atoms with Crippen molar-refractivity contribution in [2.45, 2.75) is 19.8 Å². The van der Waals surface area contributed by atoms with Crippen LogP contribution in [-0.4, -0.2) is 11.9 Å². The van der Waals surface area contributed by atoms with Crippen LogP contribution in [-0.2, 0) is 4.79 Å². The van der Waals surface area contributed by atoms with Gasteiger partial charge in [-0.15, -0.1) is 0 Å². The van der Waals surface area contributed by atoms with Gasteiger partial charge in [0, 0.05) is 17.5 Å². The molecular weight excluding hydrogens is 302 g/mol. The molecule has 0 atom stereocenters. The molecule has 2 aromatic carbocycles. The van der Waals surface area contributed by atoms with Crippen LogP contribution < -0.4 is 16.4 Å². The number of carbonyl (C=O) groups excluding carboxylic acids is 2. The van der Waals surface area contributed by atoms with Crippen LogP contribution >= 0.6 is 0 Å². The topological polar surface area (TPSA) is 84.2 Å². The molecule has 124 valence electrons. The van der Waals surface area contributed by atoms with E-state index in [1.165, 1.54) is 11.6 Å². The quantitative estimate of drug-likeness (QED) is 0.728. The second-order valence-electron chi connectivity index (χ2n) is 5.71. The fourth-order valence-corrected chi connectivity index (χ4v) is 2.13. The van der Waals surface area contributed by atoms with E-state index < -0.39 is 6.03 Å². The molecule has 24 heavy (non-hydrogen) atoms. The summed E-state index contributed by atoms with van der Waals surface area (Å²) in [5.41, 5.74) is 8.47. The minimum atomic E-state index is -0.627. The first-order valence-electron chi connectivity index (χ1n) is 7.69. The number of carbonyl (C=O) groups is 2. The number of primary amides is 1. The molecule has 3 amide bonds. The van der Waals surface area contributed by atoms with E-state index in [2.05, 4.69) is 36.6 Å². The van der Waals surface area contributed by atoms with Gasteiger partial charge in [-0.25, -0.2) is 4.79 Å². The molecule has 2 aromatic rings. The maximum Gasteiger partial charge on any atom is 0.316 e. The molecule has 4 N–H and O–H groups in total. The average Bonchev–Trinajstić information content (AvgIpc) is 2.54. The lowest BCUT2D eigenvalue weighted by Crippen LogP contribution is -2.19. The Bertz CT molecular complexity index is 732. The van der Waals surface area contributed by atoms with E-state index in [1.807, 2.05) is 12.1 Å². The van der Waals surface area contributed by atoms with Crippen molar-refractivity contribution in [2.75, 3.05) is 10.6 Å². The van der Waals surface area contributed by atoms with Crippen LogP contribution in [0.4, 0.5) is 16.2 Å². The van der Waals surface area contributed by atoms with Crippen LogP contribution in [0.3, 0.4) is 0 Å². The molecule has 5 nitrogen and oxygen atoms in total. The molecule has 0 aliphatic rings. The third-order valence-corrected chi connectivity index (χ3v) is 3.45. The number of urea groups is 1. The van der Waals surface area contributed by atoms with E-state index in [9.17, 15) is 9.59 Å². The first-order chi connectivity index (χ1) is 11.4. The van der Waals surface area contributed by atoms with Gasteiger partial charge in [0.2, 0.25) is 5.91 Å². The largest absolute Gasteiger partial charge is 0.351 e. The Balaban J connectivity index is 1.93. The van der Waals surface area contributed by atoms with Crippen LogP contribution in [0.15, 0.2) is 54.6 Å². The zero-order valence-electron chi connectivity index (χ0n) is 13.7. The second kappa shape index (κ2) is 7.97. The van der Waals surface area contributed by atoms with Crippen LogP contribution in [0.25, 0.3) is 6.08 Å². The van der Waals surface area contributed by atoms with Crippen molar-refractivity contribution >= 4 is 29.4 Å². The summed E-state index contributed by atoms with van der Waals surface area (Å²) in [6.45, 7) is 4.28. The molecule has 0 fully saturated rings. The minimum Gasteiger partial charge on any atom is -0.351 e. The van der Waals surface area contributed by atoms with Crippen molar-refractivity contribution in [2.24, 2.45) is 5.73 Å². The summed E-state index contributed by atoms with van der Waals surface area (Å²) in [6, 6.07) is 14.2. The molecule has 0 aromatic heterocycles. The standard InChI is InChI=1S/C19H21N3O2/c1-13(2)15-6-3-14(4-7-15)5-12-18(23)21-16-8-10-17(11-9-16)22-19(20)24/h3-13H,1-2H3,(H,21,23)(H3,20,22,24)/b12-5+. The molecule has 0 aliphatic heterocycles. The highest BCUT2D eigenvalue weighted by Gasteiger charge is 2.01. The zero-order valence-corrected chi connectivity index (χ0v) is 13.7. The van der Waals surface area contributed by atoms with Gasteiger partial charge in [0.1, 0.15) is 0 Å². The monoisotopic (exact) mass is 323 g/mol. The minimum absolute atomic E-state index is 0.224. The van der Waals surface area contributed by atoms with Gasteiger partial charge >= 0.3 is 6.03 Å². The van der Waals surface area contributed by atoms with E-state index in [0.717, 1.165) is 5.56 Å². The number of nitrogens with two attached hydrogens (primary N) is 1. The van der Waals surface area contributed by atoms with E-state index >= 15 is 0 Å². The number of benzene rings is 2. The summed E-state index contributed by atoms with van der Waals surface area (Å²) < 4.78 is 0. The van der Waals surface area contributed by atoms with Gasteiger partial charge in [-0.05, 0) is 47.4 Å². The normalized spacial score (nSPS) is 10.8. The van der Waals surface area contributed by atoms with Gasteiger partial charge < -0.3 is 16.4 Å². The summed E-state index contributed by atoms with van der Waals surface area (Å²) in [6.07, 6.45) is 3.25. The molecular formula is C19H21N3O2. The smallest absolute Gasteiger partial charge is 0.316 e. The molecule has 0 saturated heterocycles. The summed E-state index contributed by atoms with van der Waals surface area (Å²) in [7, 11) is 0. The van der Waals surface area contributed by atoms with Gasteiger partial charge in [0.15, 0.2) is 0 Å². The Morgan fingerprint density at radius 3 is 1.96 bits per heavy atom. The third kappa shape index (κ3) is 5.28. The van der Waals surface area contributed by atoms with E-state index in [0.29, 0.717) is 17.3 Å². The number of rotatable bonds is 5. The summed E-state index contributed by atoms with van der Waals surface area (Å²) >= 11 is 0. The predicted octanol–water partition coefficient (Wildman–Crippen LogP) is 3.95. The van der Waals surface area contributed by atoms with Crippen molar-refractivity contribution in [3.05, 3.63) is 65.7 Å². The Kier molecular flexibility index (Phi) is 5.73. The maximum absolute atomic E-state index is 11.9. The fourth-order valence-electron chi connectivity index (χ4n) is 2.13. The molecule has 5 heteroatoms. The Morgan fingerprint density at radius 2 is 1.46 bits per heavy atom. The van der Waals surface area contributed by atoms with Crippen molar-refractivity contribution in [1.82, 2.24) is 0 Å². The number of hydrogen-bond acceptors (Lipinski definition) is 2. The van der Waals surface area contributed by atoms with Crippen molar-refractivity contribution < 1.29 is 9.59 Å². The number of anilines is 2. The molecule has 2 rings (SSSR count). The molecule has 0 heterocycles. The highest BCUT2D eigenvalue weighted by Crippen LogP contribution is 2.16. The maximum atomic E-state index is 11.9. The van der Waals surface area contributed by atoms with Crippen LogP contribution in [0.1, 0.15) is 30.9 Å². The van der Waals surface area contributed by atoms with Crippen molar-refractivity contribution in [3.8, 4) is 0 Å². The summed E-state index contributed by atoms with van der Waals surface area (Å²) in [5.74, 6) is 0.261. The average molecular weight is 323 g/mol.